The summed E-state index contributed by atoms with van der Waals surface area (Å²) in [6, 6.07) is 12.8. The third-order valence-corrected chi connectivity index (χ3v) is 6.29. The monoisotopic (exact) mass is 376 g/mol. The second-order valence-electron chi connectivity index (χ2n) is 8.77. The predicted octanol–water partition coefficient (Wildman–Crippen LogP) is 3.87. The number of fused-ring (bicyclic) bond motifs is 1. The molecule has 1 fully saturated rings. The quantitative estimate of drug-likeness (QED) is 0.694. The van der Waals surface area contributed by atoms with Gasteiger partial charge in [0.2, 0.25) is 5.91 Å². The number of hydrogen-bond donors (Lipinski definition) is 0. The Bertz CT molecular complexity index is 1030. The van der Waals surface area contributed by atoms with Crippen LogP contribution in [-0.4, -0.2) is 39.5 Å². The Morgan fingerprint density at radius 1 is 1.11 bits per heavy atom. The normalized spacial score (nSPS) is 16.0. The number of nitrogens with zero attached hydrogens (tertiary/aromatic N) is 4. The number of rotatable bonds is 4. The minimum Gasteiger partial charge on any atom is -0.348 e. The molecule has 1 aliphatic rings. The standard InChI is InChI=1S/C23H28N4O/c1-16-9-11-17(12-10-16)23(13-7-14-23)20-25-24-19-18(8-6-15-27(19)20)22(2,3)21(28)26(4)5/h6,8-12,15H,7,13-14H2,1-5H3. The number of carbonyl (C=O) groups is 1. The molecule has 0 radical (unpaired) electrons. The van der Waals surface area contributed by atoms with Crippen molar-refractivity contribution in [2.75, 3.05) is 14.1 Å². The number of benzene rings is 1. The van der Waals surface area contributed by atoms with Crippen LogP contribution < -0.4 is 0 Å². The zero-order valence-corrected chi connectivity index (χ0v) is 17.4. The van der Waals surface area contributed by atoms with E-state index in [0.717, 1.165) is 29.9 Å². The van der Waals surface area contributed by atoms with Crippen LogP contribution in [-0.2, 0) is 15.6 Å². The lowest BCUT2D eigenvalue weighted by Crippen LogP contribution is -2.40. The fourth-order valence-corrected chi connectivity index (χ4v) is 4.45. The van der Waals surface area contributed by atoms with Crippen LogP contribution in [0.25, 0.3) is 5.65 Å². The second kappa shape index (κ2) is 6.43. The molecule has 1 saturated carbocycles. The number of pyridine rings is 1. The first-order valence-electron chi connectivity index (χ1n) is 9.91. The van der Waals surface area contributed by atoms with Crippen molar-refractivity contribution in [3.8, 4) is 0 Å². The van der Waals surface area contributed by atoms with E-state index >= 15 is 0 Å². The molecule has 0 saturated heterocycles. The van der Waals surface area contributed by atoms with Crippen molar-refractivity contribution >= 4 is 11.6 Å². The van der Waals surface area contributed by atoms with Crippen LogP contribution in [0.15, 0.2) is 42.6 Å². The van der Waals surface area contributed by atoms with Crippen molar-refractivity contribution in [2.45, 2.75) is 50.9 Å². The average molecular weight is 377 g/mol. The molecular formula is C23H28N4O. The van der Waals surface area contributed by atoms with E-state index in [2.05, 4.69) is 45.8 Å². The topological polar surface area (TPSA) is 50.5 Å². The molecule has 0 aliphatic heterocycles. The molecule has 5 nitrogen and oxygen atoms in total. The summed E-state index contributed by atoms with van der Waals surface area (Å²) in [5.74, 6) is 1.04. The van der Waals surface area contributed by atoms with Gasteiger partial charge >= 0.3 is 0 Å². The third kappa shape index (κ3) is 2.64. The van der Waals surface area contributed by atoms with E-state index in [1.807, 2.05) is 32.2 Å². The highest BCUT2D eigenvalue weighted by Crippen LogP contribution is 2.48. The maximum atomic E-state index is 12.8. The second-order valence-corrected chi connectivity index (χ2v) is 8.77. The first-order valence-corrected chi connectivity index (χ1v) is 9.91. The highest BCUT2D eigenvalue weighted by molar-refractivity contribution is 5.88. The molecule has 0 N–H and O–H groups in total. The van der Waals surface area contributed by atoms with Crippen LogP contribution in [0, 0.1) is 6.92 Å². The molecule has 0 bridgehead atoms. The maximum Gasteiger partial charge on any atom is 0.232 e. The Balaban J connectivity index is 1.87. The average Bonchev–Trinajstić information content (AvgIpc) is 3.06. The highest BCUT2D eigenvalue weighted by Gasteiger charge is 2.45. The Kier molecular flexibility index (Phi) is 4.29. The van der Waals surface area contributed by atoms with Gasteiger partial charge in [0, 0.05) is 25.9 Å². The van der Waals surface area contributed by atoms with Crippen LogP contribution in [0.5, 0.6) is 0 Å². The molecule has 2 heterocycles. The third-order valence-electron chi connectivity index (χ3n) is 6.29. The Morgan fingerprint density at radius 3 is 2.36 bits per heavy atom. The Hall–Kier alpha value is -2.69. The van der Waals surface area contributed by atoms with Gasteiger partial charge in [-0.05, 0) is 45.2 Å². The lowest BCUT2D eigenvalue weighted by atomic mass is 9.63. The van der Waals surface area contributed by atoms with E-state index in [4.69, 9.17) is 0 Å². The molecular weight excluding hydrogens is 348 g/mol. The summed E-state index contributed by atoms with van der Waals surface area (Å²) in [5.41, 5.74) is 3.47. The maximum absolute atomic E-state index is 12.8. The molecule has 0 spiro atoms. The summed E-state index contributed by atoms with van der Waals surface area (Å²) >= 11 is 0. The van der Waals surface area contributed by atoms with Gasteiger partial charge in [0.15, 0.2) is 5.65 Å². The molecule has 2 aromatic heterocycles. The lowest BCUT2D eigenvalue weighted by molar-refractivity contribution is -0.133. The van der Waals surface area contributed by atoms with Gasteiger partial charge in [0.05, 0.1) is 10.8 Å². The van der Waals surface area contributed by atoms with E-state index in [-0.39, 0.29) is 11.3 Å². The first-order chi connectivity index (χ1) is 13.3. The molecule has 0 unspecified atom stereocenters. The number of likely N-dealkylation sites (N-methyl/N-ethyl adjacent to an activating group) is 1. The van der Waals surface area contributed by atoms with Gasteiger partial charge in [0.1, 0.15) is 5.82 Å². The molecule has 5 heteroatoms. The number of carbonyl (C=O) groups excluding carboxylic acids is 1. The van der Waals surface area contributed by atoms with E-state index in [1.54, 1.807) is 19.0 Å². The Labute approximate surface area is 166 Å². The molecule has 28 heavy (non-hydrogen) atoms. The van der Waals surface area contributed by atoms with Gasteiger partial charge < -0.3 is 4.90 Å². The van der Waals surface area contributed by atoms with E-state index in [0.29, 0.717) is 0 Å². The molecule has 1 amide bonds. The van der Waals surface area contributed by atoms with Gasteiger partial charge in [-0.1, -0.05) is 42.3 Å². The minimum atomic E-state index is -0.674. The van der Waals surface area contributed by atoms with Crippen molar-refractivity contribution in [1.29, 1.82) is 0 Å². The Morgan fingerprint density at radius 2 is 1.79 bits per heavy atom. The highest BCUT2D eigenvalue weighted by atomic mass is 16.2. The molecule has 4 rings (SSSR count). The first kappa shape index (κ1) is 18.7. The fourth-order valence-electron chi connectivity index (χ4n) is 4.45. The smallest absolute Gasteiger partial charge is 0.232 e. The summed E-state index contributed by atoms with van der Waals surface area (Å²) in [6.07, 6.45) is 5.36. The number of amides is 1. The van der Waals surface area contributed by atoms with Crippen LogP contribution in [0.4, 0.5) is 0 Å². The summed E-state index contributed by atoms with van der Waals surface area (Å²) in [4.78, 5) is 14.4. The molecule has 1 aromatic carbocycles. The zero-order valence-electron chi connectivity index (χ0n) is 17.4. The van der Waals surface area contributed by atoms with Crippen LogP contribution in [0.1, 0.15) is 55.6 Å². The molecule has 3 aromatic rings. The summed E-state index contributed by atoms with van der Waals surface area (Å²) in [5, 5.41) is 9.21. The summed E-state index contributed by atoms with van der Waals surface area (Å²) in [7, 11) is 3.58. The number of aryl methyl sites for hydroxylation is 1. The number of hydrogen-bond acceptors (Lipinski definition) is 3. The van der Waals surface area contributed by atoms with Crippen LogP contribution in [0.3, 0.4) is 0 Å². The van der Waals surface area contributed by atoms with Crippen molar-refractivity contribution in [1.82, 2.24) is 19.5 Å². The van der Waals surface area contributed by atoms with E-state index in [9.17, 15) is 4.79 Å². The van der Waals surface area contributed by atoms with Gasteiger partial charge in [0.25, 0.3) is 0 Å². The largest absolute Gasteiger partial charge is 0.348 e. The summed E-state index contributed by atoms with van der Waals surface area (Å²) in [6.45, 7) is 6.02. The summed E-state index contributed by atoms with van der Waals surface area (Å²) < 4.78 is 2.10. The SMILES string of the molecule is Cc1ccc(C2(c3nnc4c(C(C)(C)C(=O)N(C)C)cccn34)CCC2)cc1. The zero-order chi connectivity index (χ0) is 20.1. The molecule has 1 aliphatic carbocycles. The van der Waals surface area contributed by atoms with Gasteiger partial charge in [-0.25, -0.2) is 0 Å². The minimum absolute atomic E-state index is 0.0574. The van der Waals surface area contributed by atoms with Crippen molar-refractivity contribution in [3.63, 3.8) is 0 Å². The number of aromatic nitrogens is 3. The van der Waals surface area contributed by atoms with Gasteiger partial charge in [-0.3, -0.25) is 9.20 Å². The van der Waals surface area contributed by atoms with Crippen LogP contribution in [0.2, 0.25) is 0 Å². The van der Waals surface area contributed by atoms with Crippen LogP contribution >= 0.6 is 0 Å². The van der Waals surface area contributed by atoms with E-state index < -0.39 is 5.41 Å². The van der Waals surface area contributed by atoms with Gasteiger partial charge in [-0.2, -0.15) is 0 Å². The lowest BCUT2D eigenvalue weighted by Gasteiger charge is -2.41. The predicted molar refractivity (Wildman–Crippen MR) is 111 cm³/mol. The van der Waals surface area contributed by atoms with Crippen molar-refractivity contribution in [3.05, 3.63) is 65.1 Å². The van der Waals surface area contributed by atoms with Crippen molar-refractivity contribution in [2.24, 2.45) is 0 Å². The fraction of sp³-hybridized carbons (Fsp3) is 0.435. The van der Waals surface area contributed by atoms with Crippen molar-refractivity contribution < 1.29 is 4.79 Å². The molecule has 0 atom stereocenters. The van der Waals surface area contributed by atoms with E-state index in [1.165, 1.54) is 17.5 Å². The molecule has 146 valence electrons. The van der Waals surface area contributed by atoms with Gasteiger partial charge in [-0.15, -0.1) is 10.2 Å².